The minimum Gasteiger partial charge on any atom is -0.353 e. The Kier molecular flexibility index (Phi) is 6.04. The van der Waals surface area contributed by atoms with E-state index in [0.29, 0.717) is 13.2 Å². The predicted molar refractivity (Wildman–Crippen MR) is 98.3 cm³/mol. The first kappa shape index (κ1) is 17.9. The molecule has 25 heavy (non-hydrogen) atoms. The number of aromatic nitrogens is 1. The number of hydrogen-bond donors (Lipinski definition) is 0. The second-order valence-corrected chi connectivity index (χ2v) is 7.43. The molecule has 1 fully saturated rings. The normalized spacial score (nSPS) is 17.3. The van der Waals surface area contributed by atoms with Crippen LogP contribution in [-0.2, 0) is 22.6 Å². The lowest BCUT2D eigenvalue weighted by Gasteiger charge is -2.22. The Labute approximate surface area is 151 Å². The van der Waals surface area contributed by atoms with Crippen LogP contribution < -0.4 is 0 Å². The molecule has 2 heterocycles. The first-order valence-electron chi connectivity index (χ1n) is 8.47. The van der Waals surface area contributed by atoms with E-state index in [1.807, 2.05) is 19.1 Å². The molecule has 1 aromatic heterocycles. The van der Waals surface area contributed by atoms with E-state index < -0.39 is 0 Å². The average molecular weight is 358 g/mol. The van der Waals surface area contributed by atoms with Gasteiger partial charge in [-0.05, 0) is 56.3 Å². The fourth-order valence-corrected chi connectivity index (χ4v) is 3.79. The zero-order valence-corrected chi connectivity index (χ0v) is 15.4. The third-order valence-corrected chi connectivity index (χ3v) is 5.20. The Balaban J connectivity index is 1.74. The molecule has 0 N–H and O–H groups in total. The van der Waals surface area contributed by atoms with Crippen LogP contribution in [0.25, 0.3) is 21.0 Å². The van der Waals surface area contributed by atoms with E-state index in [1.165, 1.54) is 0 Å². The molecule has 1 aromatic carbocycles. The highest BCUT2D eigenvalue weighted by molar-refractivity contribution is 7.15. The van der Waals surface area contributed by atoms with E-state index in [9.17, 15) is 0 Å². The van der Waals surface area contributed by atoms with Gasteiger partial charge in [0.25, 0.3) is 0 Å². The molecule has 1 aliphatic rings. The number of ether oxygens (including phenoxy) is 2. The molecule has 1 aliphatic heterocycles. The largest absolute Gasteiger partial charge is 0.353 e. The quantitative estimate of drug-likeness (QED) is 0.400. The van der Waals surface area contributed by atoms with E-state index in [1.54, 1.807) is 11.3 Å². The fraction of sp³-hybridized carbons (Fsp3) is 0.500. The van der Waals surface area contributed by atoms with Crippen molar-refractivity contribution < 1.29 is 9.47 Å². The van der Waals surface area contributed by atoms with Crippen molar-refractivity contribution in [3.05, 3.63) is 50.3 Å². The molecule has 0 saturated carbocycles. The van der Waals surface area contributed by atoms with Gasteiger partial charge in [0.05, 0.1) is 18.8 Å². The lowest BCUT2D eigenvalue weighted by Crippen LogP contribution is -2.22. The number of benzene rings is 1. The summed E-state index contributed by atoms with van der Waals surface area (Å²) in [6, 6.07) is 6.17. The minimum absolute atomic E-state index is 0.104. The monoisotopic (exact) mass is 358 g/mol. The van der Waals surface area contributed by atoms with Crippen LogP contribution in [-0.4, -0.2) is 17.9 Å². The van der Waals surface area contributed by atoms with E-state index in [4.69, 9.17) is 20.0 Å². The summed E-state index contributed by atoms with van der Waals surface area (Å²) in [5, 5.41) is 4.62. The molecule has 0 spiro atoms. The maximum Gasteiger partial charge on any atom is 0.158 e. The van der Waals surface area contributed by atoms with Crippen molar-refractivity contribution >= 4 is 11.3 Å². The van der Waals surface area contributed by atoms with Crippen molar-refractivity contribution in [2.24, 2.45) is 5.11 Å². The number of rotatable bonds is 6. The van der Waals surface area contributed by atoms with Gasteiger partial charge in [-0.15, -0.1) is 11.3 Å². The molecule has 1 unspecified atom stereocenters. The van der Waals surface area contributed by atoms with Crippen LogP contribution in [0.2, 0.25) is 0 Å². The fourth-order valence-electron chi connectivity index (χ4n) is 2.89. The molecule has 7 heteroatoms. The zero-order chi connectivity index (χ0) is 17.6. The van der Waals surface area contributed by atoms with Crippen LogP contribution in [0.1, 0.15) is 41.0 Å². The molecule has 3 rings (SSSR count). The van der Waals surface area contributed by atoms with Gasteiger partial charge in [-0.1, -0.05) is 16.7 Å². The first-order chi connectivity index (χ1) is 12.2. The van der Waals surface area contributed by atoms with Crippen molar-refractivity contribution in [2.45, 2.75) is 52.6 Å². The highest BCUT2D eigenvalue weighted by Crippen LogP contribution is 2.30. The van der Waals surface area contributed by atoms with Gasteiger partial charge in [0.1, 0.15) is 5.01 Å². The molecule has 0 aliphatic carbocycles. The molecule has 0 radical (unpaired) electrons. The number of thiazole rings is 1. The Morgan fingerprint density at radius 2 is 2.24 bits per heavy atom. The van der Waals surface area contributed by atoms with E-state index in [2.05, 4.69) is 23.0 Å². The van der Waals surface area contributed by atoms with Gasteiger partial charge >= 0.3 is 0 Å². The summed E-state index contributed by atoms with van der Waals surface area (Å²) in [6.07, 6.45) is 3.12. The predicted octanol–water partition coefficient (Wildman–Crippen LogP) is 5.28. The molecule has 0 bridgehead atoms. The van der Waals surface area contributed by atoms with Gasteiger partial charge in [0, 0.05) is 22.0 Å². The molecular weight excluding hydrogens is 336 g/mol. The SMILES string of the molecule is Cc1cc(CN=[N+]=[N-])cc(-c2nc(COC3CCCCO3)c(C)s2)c1. The zero-order valence-electron chi connectivity index (χ0n) is 14.6. The van der Waals surface area contributed by atoms with Crippen molar-refractivity contribution in [1.29, 1.82) is 0 Å². The molecule has 1 saturated heterocycles. The highest BCUT2D eigenvalue weighted by atomic mass is 32.1. The number of nitrogens with zero attached hydrogens (tertiary/aromatic N) is 4. The lowest BCUT2D eigenvalue weighted by molar-refractivity contribution is -0.169. The van der Waals surface area contributed by atoms with E-state index >= 15 is 0 Å². The molecular formula is C18H22N4O2S. The van der Waals surface area contributed by atoms with Gasteiger partial charge in [-0.2, -0.15) is 0 Å². The van der Waals surface area contributed by atoms with Gasteiger partial charge in [0.15, 0.2) is 6.29 Å². The molecule has 0 amide bonds. The van der Waals surface area contributed by atoms with Gasteiger partial charge in [-0.3, -0.25) is 0 Å². The summed E-state index contributed by atoms with van der Waals surface area (Å²) < 4.78 is 11.5. The Hall–Kier alpha value is -1.92. The lowest BCUT2D eigenvalue weighted by atomic mass is 10.1. The van der Waals surface area contributed by atoms with E-state index in [-0.39, 0.29) is 6.29 Å². The Morgan fingerprint density at radius 1 is 1.36 bits per heavy atom. The second kappa shape index (κ2) is 8.45. The molecule has 132 valence electrons. The topological polar surface area (TPSA) is 80.1 Å². The third-order valence-electron chi connectivity index (χ3n) is 4.14. The Morgan fingerprint density at radius 3 is 3.00 bits per heavy atom. The molecule has 6 nitrogen and oxygen atoms in total. The summed E-state index contributed by atoms with van der Waals surface area (Å²) in [5.74, 6) is 0. The summed E-state index contributed by atoms with van der Waals surface area (Å²) in [5.41, 5.74) is 12.7. The third kappa shape index (κ3) is 4.80. The maximum absolute atomic E-state index is 8.51. The van der Waals surface area contributed by atoms with Crippen molar-refractivity contribution in [2.75, 3.05) is 6.61 Å². The smallest absolute Gasteiger partial charge is 0.158 e. The van der Waals surface area contributed by atoms with Crippen LogP contribution in [0, 0.1) is 13.8 Å². The highest BCUT2D eigenvalue weighted by Gasteiger charge is 2.16. The summed E-state index contributed by atoms with van der Waals surface area (Å²) in [6.45, 7) is 5.71. The number of azide groups is 1. The maximum atomic E-state index is 8.51. The summed E-state index contributed by atoms with van der Waals surface area (Å²) >= 11 is 1.66. The van der Waals surface area contributed by atoms with Crippen LogP contribution in [0.3, 0.4) is 0 Å². The van der Waals surface area contributed by atoms with Crippen LogP contribution in [0.5, 0.6) is 0 Å². The standard InChI is InChI=1S/C18H22N4O2S/c1-12-7-14(10-20-22-19)9-15(8-12)18-21-16(13(2)25-18)11-24-17-5-3-4-6-23-17/h7-9,17H,3-6,10-11H2,1-2H3. The van der Waals surface area contributed by atoms with Crippen LogP contribution in [0.4, 0.5) is 0 Å². The Bertz CT molecular complexity index is 777. The summed E-state index contributed by atoms with van der Waals surface area (Å²) in [4.78, 5) is 8.75. The number of aryl methyl sites for hydroxylation is 2. The van der Waals surface area contributed by atoms with Crippen molar-refractivity contribution in [3.63, 3.8) is 0 Å². The van der Waals surface area contributed by atoms with Crippen LogP contribution >= 0.6 is 11.3 Å². The molecule has 1 atom stereocenters. The average Bonchev–Trinajstić information content (AvgIpc) is 2.99. The van der Waals surface area contributed by atoms with Crippen LogP contribution in [0.15, 0.2) is 23.3 Å². The summed E-state index contributed by atoms with van der Waals surface area (Å²) in [7, 11) is 0. The van der Waals surface area contributed by atoms with Gasteiger partial charge in [0.2, 0.25) is 0 Å². The van der Waals surface area contributed by atoms with Crippen molar-refractivity contribution in [3.8, 4) is 10.6 Å². The number of hydrogen-bond acceptors (Lipinski definition) is 5. The minimum atomic E-state index is -0.104. The van der Waals surface area contributed by atoms with Gasteiger partial charge in [-0.25, -0.2) is 4.98 Å². The van der Waals surface area contributed by atoms with E-state index in [0.717, 1.165) is 58.1 Å². The van der Waals surface area contributed by atoms with Crippen molar-refractivity contribution in [1.82, 2.24) is 4.98 Å². The first-order valence-corrected chi connectivity index (χ1v) is 9.28. The molecule has 2 aromatic rings. The van der Waals surface area contributed by atoms with Gasteiger partial charge < -0.3 is 9.47 Å². The second-order valence-electron chi connectivity index (χ2n) is 6.23.